The summed E-state index contributed by atoms with van der Waals surface area (Å²) in [5.41, 5.74) is 2.13. The topological polar surface area (TPSA) is 29.9 Å². The number of benzene rings is 1. The summed E-state index contributed by atoms with van der Waals surface area (Å²) < 4.78 is 2.22. The summed E-state index contributed by atoms with van der Waals surface area (Å²) >= 11 is 5.96. The summed E-state index contributed by atoms with van der Waals surface area (Å²) in [5.74, 6) is 1.07. The smallest absolute Gasteiger partial charge is 0.123 e. The van der Waals surface area contributed by atoms with Crippen LogP contribution in [0.25, 0.3) is 11.0 Å². The maximum atomic E-state index is 5.96. The van der Waals surface area contributed by atoms with Gasteiger partial charge >= 0.3 is 0 Å². The van der Waals surface area contributed by atoms with Crippen molar-refractivity contribution in [3.05, 3.63) is 29.0 Å². The molecule has 1 aromatic heterocycles. The van der Waals surface area contributed by atoms with Gasteiger partial charge in [0, 0.05) is 11.6 Å². The Bertz CT molecular complexity index is 490. The molecule has 0 atom stereocenters. The van der Waals surface area contributed by atoms with E-state index in [0.717, 1.165) is 41.5 Å². The van der Waals surface area contributed by atoms with Gasteiger partial charge in [-0.2, -0.15) is 0 Å². The molecule has 2 rings (SSSR count). The van der Waals surface area contributed by atoms with Crippen molar-refractivity contribution in [3.63, 3.8) is 0 Å². The highest BCUT2D eigenvalue weighted by atomic mass is 35.5. The number of halogens is 1. The highest BCUT2D eigenvalue weighted by Crippen LogP contribution is 2.20. The van der Waals surface area contributed by atoms with Crippen LogP contribution in [0, 0.1) is 0 Å². The highest BCUT2D eigenvalue weighted by Gasteiger charge is 2.08. The Morgan fingerprint density at radius 1 is 1.38 bits per heavy atom. The van der Waals surface area contributed by atoms with Gasteiger partial charge in [0.1, 0.15) is 5.82 Å². The van der Waals surface area contributed by atoms with Crippen LogP contribution in [0.2, 0.25) is 5.02 Å². The highest BCUT2D eigenvalue weighted by molar-refractivity contribution is 6.31. The van der Waals surface area contributed by atoms with Crippen LogP contribution in [0.3, 0.4) is 0 Å². The minimum absolute atomic E-state index is 0.739. The molecule has 0 spiro atoms. The van der Waals surface area contributed by atoms with Crippen molar-refractivity contribution in [1.29, 1.82) is 0 Å². The standard InChI is InChI=1S/C12H16ClN3/c1-3-14-8-12-15-10-7-9(13)5-6-11(10)16(12)4-2/h5-7,14H,3-4,8H2,1-2H3. The predicted molar refractivity (Wildman–Crippen MR) is 67.8 cm³/mol. The van der Waals surface area contributed by atoms with Crippen molar-refractivity contribution in [3.8, 4) is 0 Å². The average Bonchev–Trinajstić information content (AvgIpc) is 2.62. The zero-order chi connectivity index (χ0) is 11.5. The monoisotopic (exact) mass is 237 g/mol. The van der Waals surface area contributed by atoms with Crippen LogP contribution in [0.4, 0.5) is 0 Å². The Balaban J connectivity index is 2.48. The molecule has 16 heavy (non-hydrogen) atoms. The molecule has 0 unspecified atom stereocenters. The van der Waals surface area contributed by atoms with Gasteiger partial charge in [0.2, 0.25) is 0 Å². The molecule has 0 bridgehead atoms. The van der Waals surface area contributed by atoms with Gasteiger partial charge in [-0.1, -0.05) is 18.5 Å². The number of fused-ring (bicyclic) bond motifs is 1. The third-order valence-corrected chi connectivity index (χ3v) is 2.87. The van der Waals surface area contributed by atoms with Crippen molar-refractivity contribution in [2.45, 2.75) is 26.9 Å². The number of imidazole rings is 1. The van der Waals surface area contributed by atoms with Gasteiger partial charge in [0.25, 0.3) is 0 Å². The molecular weight excluding hydrogens is 222 g/mol. The summed E-state index contributed by atoms with van der Waals surface area (Å²) in [6, 6.07) is 5.86. The van der Waals surface area contributed by atoms with Crippen LogP contribution in [0.1, 0.15) is 19.7 Å². The lowest BCUT2D eigenvalue weighted by Crippen LogP contribution is -2.16. The molecule has 0 amide bonds. The van der Waals surface area contributed by atoms with Gasteiger partial charge < -0.3 is 9.88 Å². The third-order valence-electron chi connectivity index (χ3n) is 2.64. The number of hydrogen-bond donors (Lipinski definition) is 1. The lowest BCUT2D eigenvalue weighted by atomic mass is 10.3. The number of hydrogen-bond acceptors (Lipinski definition) is 2. The van der Waals surface area contributed by atoms with Crippen molar-refractivity contribution in [2.75, 3.05) is 6.54 Å². The maximum Gasteiger partial charge on any atom is 0.123 e. The van der Waals surface area contributed by atoms with Gasteiger partial charge in [-0.3, -0.25) is 0 Å². The minimum atomic E-state index is 0.739. The average molecular weight is 238 g/mol. The van der Waals surface area contributed by atoms with Crippen LogP contribution in [-0.2, 0) is 13.1 Å². The van der Waals surface area contributed by atoms with Crippen molar-refractivity contribution in [2.24, 2.45) is 0 Å². The molecule has 1 aromatic carbocycles. The molecule has 0 aliphatic heterocycles. The first-order valence-corrected chi connectivity index (χ1v) is 5.99. The molecule has 2 aromatic rings. The number of nitrogens with one attached hydrogen (secondary N) is 1. The SMILES string of the molecule is CCNCc1nc2cc(Cl)ccc2n1CC. The summed E-state index contributed by atoms with van der Waals surface area (Å²) in [7, 11) is 0. The molecule has 0 fully saturated rings. The summed E-state index contributed by atoms with van der Waals surface area (Å²) in [4.78, 5) is 4.60. The second-order valence-corrected chi connectivity index (χ2v) is 4.12. The third kappa shape index (κ3) is 2.06. The van der Waals surface area contributed by atoms with E-state index in [1.165, 1.54) is 0 Å². The lowest BCUT2D eigenvalue weighted by molar-refractivity contribution is 0.638. The van der Waals surface area contributed by atoms with E-state index in [1.54, 1.807) is 0 Å². The Morgan fingerprint density at radius 2 is 2.19 bits per heavy atom. The molecule has 86 valence electrons. The van der Waals surface area contributed by atoms with E-state index in [1.807, 2.05) is 18.2 Å². The van der Waals surface area contributed by atoms with Crippen molar-refractivity contribution in [1.82, 2.24) is 14.9 Å². The molecule has 1 N–H and O–H groups in total. The van der Waals surface area contributed by atoms with E-state index in [2.05, 4.69) is 28.7 Å². The van der Waals surface area contributed by atoms with Gasteiger partial charge in [0.05, 0.1) is 17.6 Å². The number of aromatic nitrogens is 2. The first-order chi connectivity index (χ1) is 7.76. The number of nitrogens with zero attached hydrogens (tertiary/aromatic N) is 2. The zero-order valence-corrected chi connectivity index (χ0v) is 10.4. The predicted octanol–water partition coefficient (Wildman–Crippen LogP) is 2.82. The van der Waals surface area contributed by atoms with Crippen LogP contribution in [-0.4, -0.2) is 16.1 Å². The number of aryl methyl sites for hydroxylation is 1. The zero-order valence-electron chi connectivity index (χ0n) is 9.63. The van der Waals surface area contributed by atoms with Crippen LogP contribution >= 0.6 is 11.6 Å². The molecular formula is C12H16ClN3. The van der Waals surface area contributed by atoms with E-state index in [0.29, 0.717) is 0 Å². The van der Waals surface area contributed by atoms with E-state index < -0.39 is 0 Å². The van der Waals surface area contributed by atoms with Gasteiger partial charge in [-0.25, -0.2) is 4.98 Å². The van der Waals surface area contributed by atoms with Crippen LogP contribution < -0.4 is 5.32 Å². The fourth-order valence-corrected chi connectivity index (χ4v) is 2.04. The number of rotatable bonds is 4. The Morgan fingerprint density at radius 3 is 2.88 bits per heavy atom. The lowest BCUT2D eigenvalue weighted by Gasteiger charge is -2.05. The van der Waals surface area contributed by atoms with Gasteiger partial charge in [-0.05, 0) is 31.7 Å². The second-order valence-electron chi connectivity index (χ2n) is 3.69. The molecule has 0 radical (unpaired) electrons. The molecule has 4 heteroatoms. The van der Waals surface area contributed by atoms with Gasteiger partial charge in [0.15, 0.2) is 0 Å². The molecule has 3 nitrogen and oxygen atoms in total. The van der Waals surface area contributed by atoms with E-state index in [4.69, 9.17) is 11.6 Å². The minimum Gasteiger partial charge on any atom is -0.327 e. The maximum absolute atomic E-state index is 5.96. The molecule has 0 saturated carbocycles. The second kappa shape index (κ2) is 4.85. The van der Waals surface area contributed by atoms with Crippen molar-refractivity contribution < 1.29 is 0 Å². The largest absolute Gasteiger partial charge is 0.327 e. The molecule has 0 aliphatic carbocycles. The Hall–Kier alpha value is -1.06. The Labute approximate surface area is 100 Å². The normalized spacial score (nSPS) is 11.2. The quantitative estimate of drug-likeness (QED) is 0.886. The fourth-order valence-electron chi connectivity index (χ4n) is 1.88. The van der Waals surface area contributed by atoms with Crippen LogP contribution in [0.15, 0.2) is 18.2 Å². The van der Waals surface area contributed by atoms with Gasteiger partial charge in [-0.15, -0.1) is 0 Å². The fraction of sp³-hybridized carbons (Fsp3) is 0.417. The first kappa shape index (κ1) is 11.4. The summed E-state index contributed by atoms with van der Waals surface area (Å²) in [6.07, 6.45) is 0. The summed E-state index contributed by atoms with van der Waals surface area (Å²) in [6.45, 7) is 6.91. The van der Waals surface area contributed by atoms with E-state index in [9.17, 15) is 0 Å². The van der Waals surface area contributed by atoms with E-state index >= 15 is 0 Å². The summed E-state index contributed by atoms with van der Waals surface area (Å²) in [5, 5.41) is 4.04. The Kier molecular flexibility index (Phi) is 3.46. The molecule has 0 saturated heterocycles. The van der Waals surface area contributed by atoms with E-state index in [-0.39, 0.29) is 0 Å². The van der Waals surface area contributed by atoms with Crippen molar-refractivity contribution >= 4 is 22.6 Å². The first-order valence-electron chi connectivity index (χ1n) is 5.61. The molecule has 0 aliphatic rings. The molecule has 1 heterocycles. The van der Waals surface area contributed by atoms with Crippen LogP contribution in [0.5, 0.6) is 0 Å².